The lowest BCUT2D eigenvalue weighted by Crippen LogP contribution is -2.44. The fraction of sp³-hybridized carbons (Fsp3) is 0.500. The van der Waals surface area contributed by atoms with Crippen molar-refractivity contribution in [2.24, 2.45) is 5.41 Å². The van der Waals surface area contributed by atoms with Crippen LogP contribution < -0.4 is 5.32 Å². The minimum Gasteiger partial charge on any atom is -0.390 e. The third kappa shape index (κ3) is 2.62. The van der Waals surface area contributed by atoms with Gasteiger partial charge >= 0.3 is 6.18 Å². The second-order valence-corrected chi connectivity index (χ2v) is 9.23. The van der Waals surface area contributed by atoms with E-state index in [4.69, 9.17) is 4.74 Å². The van der Waals surface area contributed by atoms with Crippen LogP contribution >= 0.6 is 0 Å². The highest BCUT2D eigenvalue weighted by Crippen LogP contribution is 2.77. The van der Waals surface area contributed by atoms with Gasteiger partial charge in [-0.25, -0.2) is 9.97 Å². The van der Waals surface area contributed by atoms with Crippen LogP contribution in [-0.2, 0) is 21.1 Å². The van der Waals surface area contributed by atoms with Crippen molar-refractivity contribution in [1.29, 1.82) is 0 Å². The molecule has 0 aromatic carbocycles. The zero-order chi connectivity index (χ0) is 22.5. The SMILES string of the molecule is O=C(Nc1cc(C(F)(F)F)cc(C2CC2)n1)C12CC1(c1ccnc(F)c1)C1OC2CC1O. The molecule has 5 atom stereocenters. The lowest BCUT2D eigenvalue weighted by atomic mass is 9.74. The average molecular weight is 449 g/mol. The minimum atomic E-state index is -4.57. The maximum atomic E-state index is 13.9. The number of carbonyl (C=O) groups is 1. The van der Waals surface area contributed by atoms with E-state index < -0.39 is 52.7 Å². The lowest BCUT2D eigenvalue weighted by molar-refractivity contribution is -0.137. The van der Waals surface area contributed by atoms with Gasteiger partial charge in [-0.05, 0) is 49.1 Å². The van der Waals surface area contributed by atoms with E-state index in [1.54, 1.807) is 6.07 Å². The number of nitrogens with one attached hydrogen (secondary N) is 1. The Bertz CT molecular complexity index is 1140. The van der Waals surface area contributed by atoms with E-state index in [0.29, 0.717) is 17.7 Å². The smallest absolute Gasteiger partial charge is 0.390 e. The van der Waals surface area contributed by atoms with Crippen molar-refractivity contribution in [3.05, 3.63) is 53.2 Å². The van der Waals surface area contributed by atoms with Crippen LogP contribution in [0.25, 0.3) is 0 Å². The lowest BCUT2D eigenvalue weighted by Gasteiger charge is -2.29. The Hall–Kier alpha value is -2.59. The van der Waals surface area contributed by atoms with E-state index in [2.05, 4.69) is 15.3 Å². The Balaban J connectivity index is 1.37. The number of amides is 1. The van der Waals surface area contributed by atoms with E-state index in [0.717, 1.165) is 25.0 Å². The van der Waals surface area contributed by atoms with Gasteiger partial charge in [0.15, 0.2) is 0 Å². The molecule has 2 bridgehead atoms. The van der Waals surface area contributed by atoms with Gasteiger partial charge in [-0.15, -0.1) is 0 Å². The summed E-state index contributed by atoms with van der Waals surface area (Å²) in [5.41, 5.74) is -2.13. The Kier molecular flexibility index (Phi) is 3.92. The number of rotatable bonds is 4. The van der Waals surface area contributed by atoms with Crippen molar-refractivity contribution in [1.82, 2.24) is 9.97 Å². The number of nitrogens with zero attached hydrogens (tertiary/aromatic N) is 2. The summed E-state index contributed by atoms with van der Waals surface area (Å²) in [5, 5.41) is 13.0. The van der Waals surface area contributed by atoms with Crippen LogP contribution in [0.3, 0.4) is 0 Å². The number of fused-ring (bicyclic) bond motifs is 5. The molecule has 4 aliphatic rings. The fourth-order valence-corrected chi connectivity index (χ4v) is 5.81. The number of halogens is 4. The molecule has 32 heavy (non-hydrogen) atoms. The monoisotopic (exact) mass is 449 g/mol. The summed E-state index contributed by atoms with van der Waals surface area (Å²) in [5.74, 6) is -1.44. The summed E-state index contributed by atoms with van der Waals surface area (Å²) >= 11 is 0. The van der Waals surface area contributed by atoms with Crippen LogP contribution in [0.5, 0.6) is 0 Å². The summed E-state index contributed by atoms with van der Waals surface area (Å²) in [7, 11) is 0. The maximum Gasteiger partial charge on any atom is 0.416 e. The Morgan fingerprint density at radius 3 is 2.72 bits per heavy atom. The van der Waals surface area contributed by atoms with E-state index in [1.807, 2.05) is 0 Å². The van der Waals surface area contributed by atoms with Crippen molar-refractivity contribution < 1.29 is 32.2 Å². The Labute approximate surface area is 180 Å². The molecular weight excluding hydrogens is 430 g/mol. The quantitative estimate of drug-likeness (QED) is 0.553. The molecular formula is C22H19F4N3O3. The zero-order valence-corrected chi connectivity index (χ0v) is 16.7. The summed E-state index contributed by atoms with van der Waals surface area (Å²) in [4.78, 5) is 21.3. The maximum absolute atomic E-state index is 13.9. The third-order valence-corrected chi connectivity index (χ3v) is 7.44. The molecule has 2 aliphatic heterocycles. The van der Waals surface area contributed by atoms with Gasteiger partial charge in [0.05, 0.1) is 29.3 Å². The number of aromatic nitrogens is 2. The Morgan fingerprint density at radius 2 is 2.03 bits per heavy atom. The van der Waals surface area contributed by atoms with E-state index >= 15 is 0 Å². The fourth-order valence-electron chi connectivity index (χ4n) is 5.81. The molecule has 2 saturated heterocycles. The van der Waals surface area contributed by atoms with Crippen LogP contribution in [0.2, 0.25) is 0 Å². The van der Waals surface area contributed by atoms with Crippen LogP contribution in [0.15, 0.2) is 30.5 Å². The molecule has 5 unspecified atom stereocenters. The summed E-state index contributed by atoms with van der Waals surface area (Å²) in [6.45, 7) is 0. The molecule has 2 N–H and O–H groups in total. The highest BCUT2D eigenvalue weighted by Gasteiger charge is 2.87. The molecule has 1 amide bonds. The molecule has 4 heterocycles. The second kappa shape index (κ2) is 6.26. The molecule has 2 aromatic rings. The van der Waals surface area contributed by atoms with Crippen molar-refractivity contribution >= 4 is 11.7 Å². The molecule has 0 spiro atoms. The predicted molar refractivity (Wildman–Crippen MR) is 102 cm³/mol. The molecule has 2 aromatic heterocycles. The van der Waals surface area contributed by atoms with Gasteiger partial charge in [0.1, 0.15) is 5.82 Å². The van der Waals surface area contributed by atoms with Gasteiger partial charge < -0.3 is 15.2 Å². The van der Waals surface area contributed by atoms with Gasteiger partial charge in [0.2, 0.25) is 11.9 Å². The summed E-state index contributed by atoms with van der Waals surface area (Å²) < 4.78 is 60.0. The Morgan fingerprint density at radius 1 is 1.25 bits per heavy atom. The number of ether oxygens (including phenoxy) is 1. The van der Waals surface area contributed by atoms with E-state index in [9.17, 15) is 27.5 Å². The van der Waals surface area contributed by atoms with Gasteiger partial charge in [0.25, 0.3) is 0 Å². The molecule has 168 valence electrons. The standard InChI is InChI=1S/C22H19F4N3O3/c23-16-6-11(3-4-27-16)20-9-21(20,15-8-14(30)18(20)32-15)19(31)29-17-7-12(22(24,25)26)5-13(28-17)10-1-2-10/h3-7,10,14-15,18,30H,1-2,8-9H2,(H,28,29,31). The van der Waals surface area contributed by atoms with Crippen molar-refractivity contribution in [3.63, 3.8) is 0 Å². The number of aliphatic hydroxyl groups excluding tert-OH is 1. The normalized spacial score (nSPS) is 35.0. The molecule has 2 aliphatic carbocycles. The number of carbonyl (C=O) groups excluding carboxylic acids is 1. The van der Waals surface area contributed by atoms with Gasteiger partial charge in [-0.1, -0.05) is 0 Å². The summed E-state index contributed by atoms with van der Waals surface area (Å²) in [6.07, 6.45) is -3.35. The molecule has 0 radical (unpaired) electrons. The largest absolute Gasteiger partial charge is 0.416 e. The average Bonchev–Trinajstić information content (AvgIpc) is 3.64. The highest BCUT2D eigenvalue weighted by atomic mass is 19.4. The van der Waals surface area contributed by atoms with Gasteiger partial charge in [-0.2, -0.15) is 17.6 Å². The molecule has 4 fully saturated rings. The zero-order valence-electron chi connectivity index (χ0n) is 16.7. The first-order valence-corrected chi connectivity index (χ1v) is 10.5. The van der Waals surface area contributed by atoms with Gasteiger partial charge in [0, 0.05) is 29.6 Å². The number of anilines is 1. The van der Waals surface area contributed by atoms with Crippen LogP contribution in [0.1, 0.15) is 48.4 Å². The molecule has 10 heteroatoms. The number of aliphatic hydroxyl groups is 1. The van der Waals surface area contributed by atoms with Crippen LogP contribution in [0, 0.1) is 11.4 Å². The predicted octanol–water partition coefficient (Wildman–Crippen LogP) is 3.31. The number of hydrogen-bond donors (Lipinski definition) is 2. The minimum absolute atomic E-state index is 0.0353. The summed E-state index contributed by atoms with van der Waals surface area (Å²) in [6, 6.07) is 4.67. The topological polar surface area (TPSA) is 84.3 Å². The van der Waals surface area contributed by atoms with Crippen LogP contribution in [0.4, 0.5) is 23.4 Å². The first kappa shape index (κ1) is 20.0. The van der Waals surface area contributed by atoms with E-state index in [1.165, 1.54) is 12.3 Å². The first-order chi connectivity index (χ1) is 15.1. The molecule has 2 saturated carbocycles. The molecule has 6 rings (SSSR count). The van der Waals surface area contributed by atoms with Gasteiger partial charge in [-0.3, -0.25) is 4.79 Å². The van der Waals surface area contributed by atoms with Crippen LogP contribution in [-0.4, -0.2) is 39.3 Å². The third-order valence-electron chi connectivity index (χ3n) is 7.44. The first-order valence-electron chi connectivity index (χ1n) is 10.5. The van der Waals surface area contributed by atoms with Crippen molar-refractivity contribution in [2.75, 3.05) is 5.32 Å². The molecule has 6 nitrogen and oxygen atoms in total. The number of pyridine rings is 2. The van der Waals surface area contributed by atoms with Crippen molar-refractivity contribution in [2.45, 2.75) is 61.5 Å². The highest BCUT2D eigenvalue weighted by molar-refractivity contribution is 6.00. The van der Waals surface area contributed by atoms with Crippen molar-refractivity contribution in [3.8, 4) is 0 Å². The van der Waals surface area contributed by atoms with E-state index in [-0.39, 0.29) is 18.2 Å². The number of alkyl halides is 3. The second-order valence-electron chi connectivity index (χ2n) is 9.23. The number of hydrogen-bond acceptors (Lipinski definition) is 5.